The predicted molar refractivity (Wildman–Crippen MR) is 72.6 cm³/mol. The van der Waals surface area contributed by atoms with E-state index in [0.717, 1.165) is 11.1 Å². The number of carbonyl (C=O) groups is 1. The first-order valence-corrected chi connectivity index (χ1v) is 5.96. The molecule has 1 aromatic carbocycles. The Bertz CT molecular complexity index is 487. The van der Waals surface area contributed by atoms with Crippen molar-refractivity contribution in [1.82, 2.24) is 0 Å². The van der Waals surface area contributed by atoms with Gasteiger partial charge in [0.15, 0.2) is 5.78 Å². The van der Waals surface area contributed by atoms with E-state index < -0.39 is 0 Å². The molecule has 0 radical (unpaired) electrons. The average Bonchev–Trinajstić information content (AvgIpc) is 2.35. The van der Waals surface area contributed by atoms with E-state index in [-0.39, 0.29) is 5.78 Å². The molecule has 0 fully saturated rings. The molecule has 0 aliphatic rings. The van der Waals surface area contributed by atoms with Gasteiger partial charge in [0.1, 0.15) is 0 Å². The first kappa shape index (κ1) is 14.3. The lowest BCUT2D eigenvalue weighted by Gasteiger charge is -2.04. The minimum absolute atomic E-state index is 0.0332. The summed E-state index contributed by atoms with van der Waals surface area (Å²) < 4.78 is 0. The van der Waals surface area contributed by atoms with E-state index in [1.807, 2.05) is 18.2 Å². The van der Waals surface area contributed by atoms with Crippen LogP contribution in [0.15, 0.2) is 41.0 Å². The van der Waals surface area contributed by atoms with Gasteiger partial charge in [-0.15, -0.1) is 0 Å². The van der Waals surface area contributed by atoms with Crippen LogP contribution in [-0.2, 0) is 11.2 Å². The Hall–Kier alpha value is -1.77. The van der Waals surface area contributed by atoms with Crippen molar-refractivity contribution in [2.75, 3.05) is 6.54 Å². The van der Waals surface area contributed by atoms with Crippen LogP contribution >= 0.6 is 11.6 Å². The summed E-state index contributed by atoms with van der Waals surface area (Å²) in [7, 11) is 0. The smallest absolute Gasteiger partial charge is 0.155 e. The van der Waals surface area contributed by atoms with Crippen LogP contribution in [0.2, 0.25) is 5.02 Å². The van der Waals surface area contributed by atoms with Gasteiger partial charge in [-0.25, -0.2) is 0 Å². The second-order valence-electron chi connectivity index (χ2n) is 3.83. The number of azide groups is 1. The van der Waals surface area contributed by atoms with Gasteiger partial charge in [-0.3, -0.25) is 4.79 Å². The number of carbonyl (C=O) groups excluding carboxylic acids is 1. The van der Waals surface area contributed by atoms with E-state index in [1.165, 1.54) is 6.92 Å². The Morgan fingerprint density at radius 3 is 2.67 bits per heavy atom. The molecular weight excluding hydrogens is 250 g/mol. The fourth-order valence-electron chi connectivity index (χ4n) is 1.50. The highest BCUT2D eigenvalue weighted by atomic mass is 35.5. The van der Waals surface area contributed by atoms with Crippen molar-refractivity contribution in [3.63, 3.8) is 0 Å². The second-order valence-corrected chi connectivity index (χ2v) is 4.27. The normalized spacial score (nSPS) is 10.9. The van der Waals surface area contributed by atoms with Crippen molar-refractivity contribution in [2.24, 2.45) is 5.11 Å². The van der Waals surface area contributed by atoms with Crippen molar-refractivity contribution in [1.29, 1.82) is 0 Å². The first-order chi connectivity index (χ1) is 8.63. The van der Waals surface area contributed by atoms with Crippen molar-refractivity contribution in [2.45, 2.75) is 19.8 Å². The summed E-state index contributed by atoms with van der Waals surface area (Å²) in [6.07, 6.45) is 2.97. The summed E-state index contributed by atoms with van der Waals surface area (Å²) >= 11 is 5.80. The first-order valence-electron chi connectivity index (χ1n) is 5.58. The molecule has 0 aliphatic heterocycles. The molecule has 94 valence electrons. The van der Waals surface area contributed by atoms with Crippen molar-refractivity contribution < 1.29 is 4.79 Å². The van der Waals surface area contributed by atoms with Crippen LogP contribution in [0, 0.1) is 0 Å². The maximum atomic E-state index is 11.5. The summed E-state index contributed by atoms with van der Waals surface area (Å²) in [5.41, 5.74) is 9.92. The number of nitrogens with zero attached hydrogens (tertiary/aromatic N) is 3. The van der Waals surface area contributed by atoms with Crippen LogP contribution in [0.4, 0.5) is 0 Å². The lowest BCUT2D eigenvalue weighted by molar-refractivity contribution is -0.113. The summed E-state index contributed by atoms with van der Waals surface area (Å²) in [5, 5.41) is 4.11. The van der Waals surface area contributed by atoms with Crippen molar-refractivity contribution in [3.8, 4) is 0 Å². The van der Waals surface area contributed by atoms with Crippen molar-refractivity contribution in [3.05, 3.63) is 56.9 Å². The van der Waals surface area contributed by atoms with E-state index in [4.69, 9.17) is 17.1 Å². The fourth-order valence-corrected chi connectivity index (χ4v) is 1.63. The summed E-state index contributed by atoms with van der Waals surface area (Å²) in [5.74, 6) is 0.0332. The van der Waals surface area contributed by atoms with Gasteiger partial charge < -0.3 is 0 Å². The van der Waals surface area contributed by atoms with Crippen LogP contribution in [-0.4, -0.2) is 12.3 Å². The Morgan fingerprint density at radius 2 is 2.11 bits per heavy atom. The third-order valence-electron chi connectivity index (χ3n) is 2.44. The molecule has 5 heteroatoms. The van der Waals surface area contributed by atoms with Gasteiger partial charge in [0.2, 0.25) is 0 Å². The number of ketones is 1. The molecule has 1 aromatic rings. The number of halogens is 1. The third kappa shape index (κ3) is 5.04. The third-order valence-corrected chi connectivity index (χ3v) is 2.70. The maximum Gasteiger partial charge on any atom is 0.155 e. The second kappa shape index (κ2) is 7.54. The van der Waals surface area contributed by atoms with Gasteiger partial charge in [0.25, 0.3) is 0 Å². The average molecular weight is 264 g/mol. The molecule has 0 heterocycles. The van der Waals surface area contributed by atoms with Gasteiger partial charge in [-0.1, -0.05) is 34.9 Å². The topological polar surface area (TPSA) is 65.8 Å². The number of rotatable bonds is 6. The van der Waals surface area contributed by atoms with E-state index in [1.54, 1.807) is 12.1 Å². The summed E-state index contributed by atoms with van der Waals surface area (Å²) in [4.78, 5) is 14.1. The van der Waals surface area contributed by atoms with Crippen LogP contribution < -0.4 is 0 Å². The SMILES string of the molecule is CC(=O)/C(=C/CCN=[N+]=[N-])Cc1ccc(Cl)cc1. The molecular formula is C13H14ClN3O. The van der Waals surface area contributed by atoms with Gasteiger partial charge in [-0.2, -0.15) is 0 Å². The maximum absolute atomic E-state index is 11.5. The van der Waals surface area contributed by atoms with Crippen LogP contribution in [0.3, 0.4) is 0 Å². The molecule has 0 aromatic heterocycles. The standard InChI is InChI=1S/C13H14ClN3O/c1-10(18)12(3-2-8-16-17-15)9-11-4-6-13(14)7-5-11/h3-7H,2,8-9H2,1H3/b12-3+. The fraction of sp³-hybridized carbons (Fsp3) is 0.308. The van der Waals surface area contributed by atoms with E-state index in [0.29, 0.717) is 24.4 Å². The van der Waals surface area contributed by atoms with Crippen LogP contribution in [0.1, 0.15) is 18.9 Å². The zero-order valence-electron chi connectivity index (χ0n) is 10.1. The molecule has 1 rings (SSSR count). The molecule has 0 atom stereocenters. The van der Waals surface area contributed by atoms with Crippen LogP contribution in [0.5, 0.6) is 0 Å². The van der Waals surface area contributed by atoms with Gasteiger partial charge >= 0.3 is 0 Å². The Kier molecular flexibility index (Phi) is 5.98. The van der Waals surface area contributed by atoms with Crippen molar-refractivity contribution >= 4 is 17.4 Å². The number of Topliss-reactive ketones (excluding diaryl/α,β-unsaturated/α-hetero) is 1. The molecule has 0 amide bonds. The summed E-state index contributed by atoms with van der Waals surface area (Å²) in [6, 6.07) is 7.39. The zero-order valence-corrected chi connectivity index (χ0v) is 10.9. The molecule has 0 N–H and O–H groups in total. The molecule has 0 saturated heterocycles. The highest BCUT2D eigenvalue weighted by Gasteiger charge is 2.04. The number of hydrogen-bond acceptors (Lipinski definition) is 2. The Labute approximate surface area is 111 Å². The van der Waals surface area contributed by atoms with Crippen LogP contribution in [0.25, 0.3) is 10.4 Å². The summed E-state index contributed by atoms with van der Waals surface area (Å²) in [6.45, 7) is 1.91. The van der Waals surface area contributed by atoms with Gasteiger partial charge in [0, 0.05) is 22.9 Å². The molecule has 0 saturated carbocycles. The number of benzene rings is 1. The molecule has 0 spiro atoms. The highest BCUT2D eigenvalue weighted by Crippen LogP contribution is 2.14. The molecule has 18 heavy (non-hydrogen) atoms. The minimum Gasteiger partial charge on any atom is -0.295 e. The predicted octanol–water partition coefficient (Wildman–Crippen LogP) is 4.10. The Morgan fingerprint density at radius 1 is 1.44 bits per heavy atom. The molecule has 0 unspecified atom stereocenters. The van der Waals surface area contributed by atoms with E-state index in [2.05, 4.69) is 10.0 Å². The highest BCUT2D eigenvalue weighted by molar-refractivity contribution is 6.30. The monoisotopic (exact) mass is 263 g/mol. The minimum atomic E-state index is 0.0332. The number of hydrogen-bond donors (Lipinski definition) is 0. The zero-order chi connectivity index (χ0) is 13.4. The lowest BCUT2D eigenvalue weighted by atomic mass is 10.0. The van der Waals surface area contributed by atoms with Gasteiger partial charge in [0.05, 0.1) is 0 Å². The van der Waals surface area contributed by atoms with E-state index >= 15 is 0 Å². The van der Waals surface area contributed by atoms with Gasteiger partial charge in [-0.05, 0) is 42.1 Å². The molecule has 4 nitrogen and oxygen atoms in total. The lowest BCUT2D eigenvalue weighted by Crippen LogP contribution is -2.01. The Balaban J connectivity index is 2.71. The molecule has 0 bridgehead atoms. The van der Waals surface area contributed by atoms with E-state index in [9.17, 15) is 4.79 Å². The quantitative estimate of drug-likeness (QED) is 0.250. The largest absolute Gasteiger partial charge is 0.295 e. The molecule has 0 aliphatic carbocycles. The number of allylic oxidation sites excluding steroid dienone is 1.